The molecule has 1 fully saturated rings. The van der Waals surface area contributed by atoms with E-state index in [1.165, 1.54) is 18.4 Å². The molecule has 1 heteroatoms. The minimum atomic E-state index is 0.393. The molecule has 0 radical (unpaired) electrons. The van der Waals surface area contributed by atoms with E-state index < -0.39 is 0 Å². The number of hydrogen-bond donors (Lipinski definition) is 1. The lowest BCUT2D eigenvalue weighted by Crippen LogP contribution is -2.24. The van der Waals surface area contributed by atoms with Gasteiger partial charge in [-0.1, -0.05) is 32.9 Å². The molecule has 0 bridgehead atoms. The fourth-order valence-corrected chi connectivity index (χ4v) is 2.17. The number of nitrogens with one attached hydrogen (secondary N) is 1. The molecule has 0 saturated heterocycles. The van der Waals surface area contributed by atoms with Crippen LogP contribution in [0.5, 0.6) is 0 Å². The number of hydrogen-bond acceptors (Lipinski definition) is 1. The van der Waals surface area contributed by atoms with E-state index in [1.807, 2.05) is 0 Å². The van der Waals surface area contributed by atoms with Crippen LogP contribution in [0.4, 0.5) is 0 Å². The van der Waals surface area contributed by atoms with Crippen LogP contribution in [0.25, 0.3) is 0 Å². The number of rotatable bonds is 5. The molecule has 1 rings (SSSR count). The highest BCUT2D eigenvalue weighted by Gasteiger charge is 2.28. The fraction of sp³-hybridized carbons (Fsp3) is 0.769. The molecular weight excluding hydrogens is 170 g/mol. The van der Waals surface area contributed by atoms with E-state index >= 15 is 0 Å². The van der Waals surface area contributed by atoms with Crippen molar-refractivity contribution in [3.63, 3.8) is 0 Å². The van der Waals surface area contributed by atoms with Crippen molar-refractivity contribution in [2.75, 3.05) is 0 Å². The smallest absolute Gasteiger partial charge is 0.00167 e. The molecule has 0 heterocycles. The second-order valence-electron chi connectivity index (χ2n) is 5.14. The molecule has 1 N–H and O–H groups in total. The van der Waals surface area contributed by atoms with Crippen molar-refractivity contribution in [2.45, 2.75) is 40.0 Å². The van der Waals surface area contributed by atoms with Gasteiger partial charge in [0.1, 0.15) is 0 Å². The lowest BCUT2D eigenvalue weighted by Gasteiger charge is -2.35. The van der Waals surface area contributed by atoms with Crippen molar-refractivity contribution in [2.24, 2.45) is 23.7 Å². The molecule has 80 valence electrons. The molecule has 2 atom stereocenters. The quantitative estimate of drug-likeness (QED) is 0.506. The zero-order valence-corrected chi connectivity index (χ0v) is 9.72. The summed E-state index contributed by atoms with van der Waals surface area (Å²) in [6.45, 7) is 10.9. The molecule has 0 aromatic carbocycles. The largest absolute Gasteiger partial charge is 0.313 e. The highest BCUT2D eigenvalue weighted by Crippen LogP contribution is 2.40. The van der Waals surface area contributed by atoms with Gasteiger partial charge in [0, 0.05) is 0 Å². The summed E-state index contributed by atoms with van der Waals surface area (Å²) < 4.78 is 0. The van der Waals surface area contributed by atoms with Crippen molar-refractivity contribution < 1.29 is 0 Å². The minimum absolute atomic E-state index is 0.393. The Morgan fingerprint density at radius 3 is 2.50 bits per heavy atom. The third-order valence-electron chi connectivity index (χ3n) is 3.70. The first-order valence-electron chi connectivity index (χ1n) is 5.72. The molecule has 0 aromatic rings. The van der Waals surface area contributed by atoms with Gasteiger partial charge in [0.15, 0.2) is 0 Å². The number of allylic oxidation sites excluding steroid dienone is 1. The maximum Gasteiger partial charge on any atom is -0.00167 e. The van der Waals surface area contributed by atoms with Crippen LogP contribution in [0.15, 0.2) is 12.2 Å². The van der Waals surface area contributed by atoms with Crippen molar-refractivity contribution >= 4 is 6.21 Å². The van der Waals surface area contributed by atoms with Gasteiger partial charge in [0.05, 0.1) is 0 Å². The molecule has 0 amide bonds. The summed E-state index contributed by atoms with van der Waals surface area (Å²) in [7, 11) is 0. The lowest BCUT2D eigenvalue weighted by molar-refractivity contribution is 0.239. The minimum Gasteiger partial charge on any atom is -0.313 e. The summed E-state index contributed by atoms with van der Waals surface area (Å²) in [6, 6.07) is 0. The Kier molecular flexibility index (Phi) is 3.91. The van der Waals surface area contributed by atoms with Crippen LogP contribution in [0.1, 0.15) is 40.0 Å². The SMILES string of the molecule is C=C(CC(C)C(C)C=N)C1CC(C)C1. The average molecular weight is 193 g/mol. The molecule has 1 nitrogen and oxygen atoms in total. The second kappa shape index (κ2) is 4.77. The molecule has 1 saturated carbocycles. The molecular formula is C13H23N. The molecule has 0 aromatic heterocycles. The van der Waals surface area contributed by atoms with Gasteiger partial charge in [0.2, 0.25) is 0 Å². The van der Waals surface area contributed by atoms with Gasteiger partial charge in [-0.15, -0.1) is 0 Å². The van der Waals surface area contributed by atoms with Crippen LogP contribution >= 0.6 is 0 Å². The van der Waals surface area contributed by atoms with Gasteiger partial charge >= 0.3 is 0 Å². The maximum absolute atomic E-state index is 7.23. The summed E-state index contributed by atoms with van der Waals surface area (Å²) in [5, 5.41) is 7.23. The van der Waals surface area contributed by atoms with E-state index in [1.54, 1.807) is 6.21 Å². The van der Waals surface area contributed by atoms with Crippen LogP contribution in [-0.4, -0.2) is 6.21 Å². The Labute approximate surface area is 88.1 Å². The molecule has 1 aliphatic rings. The van der Waals surface area contributed by atoms with Crippen molar-refractivity contribution in [3.8, 4) is 0 Å². The summed E-state index contributed by atoms with van der Waals surface area (Å²) in [5.41, 5.74) is 1.42. The molecule has 2 unspecified atom stereocenters. The topological polar surface area (TPSA) is 23.9 Å². The Morgan fingerprint density at radius 2 is 2.07 bits per heavy atom. The molecule has 0 aliphatic heterocycles. The predicted octanol–water partition coefficient (Wildman–Crippen LogP) is 3.90. The second-order valence-corrected chi connectivity index (χ2v) is 5.14. The van der Waals surface area contributed by atoms with E-state index in [2.05, 4.69) is 27.4 Å². The lowest BCUT2D eigenvalue weighted by atomic mass is 9.70. The first kappa shape index (κ1) is 11.5. The summed E-state index contributed by atoms with van der Waals surface area (Å²) in [4.78, 5) is 0. The zero-order chi connectivity index (χ0) is 10.7. The maximum atomic E-state index is 7.23. The van der Waals surface area contributed by atoms with Gasteiger partial charge < -0.3 is 5.41 Å². The van der Waals surface area contributed by atoms with E-state index in [0.29, 0.717) is 11.8 Å². The molecule has 0 spiro atoms. The Balaban J connectivity index is 2.30. The molecule has 14 heavy (non-hydrogen) atoms. The Morgan fingerprint density at radius 1 is 1.50 bits per heavy atom. The van der Waals surface area contributed by atoms with Gasteiger partial charge in [0.25, 0.3) is 0 Å². The van der Waals surface area contributed by atoms with Gasteiger partial charge in [-0.05, 0) is 49.1 Å². The van der Waals surface area contributed by atoms with E-state index in [-0.39, 0.29) is 0 Å². The van der Waals surface area contributed by atoms with E-state index in [0.717, 1.165) is 18.3 Å². The van der Waals surface area contributed by atoms with Crippen molar-refractivity contribution in [1.82, 2.24) is 0 Å². The first-order valence-corrected chi connectivity index (χ1v) is 5.72. The van der Waals surface area contributed by atoms with Crippen LogP contribution in [0, 0.1) is 29.1 Å². The van der Waals surface area contributed by atoms with Crippen LogP contribution in [0.2, 0.25) is 0 Å². The summed E-state index contributed by atoms with van der Waals surface area (Å²) >= 11 is 0. The third kappa shape index (κ3) is 2.70. The Hall–Kier alpha value is -0.590. The van der Waals surface area contributed by atoms with E-state index in [4.69, 9.17) is 5.41 Å². The first-order chi connectivity index (χ1) is 6.54. The van der Waals surface area contributed by atoms with Crippen LogP contribution in [0.3, 0.4) is 0 Å². The van der Waals surface area contributed by atoms with Crippen LogP contribution < -0.4 is 0 Å². The van der Waals surface area contributed by atoms with Gasteiger partial charge in [-0.2, -0.15) is 0 Å². The van der Waals surface area contributed by atoms with Gasteiger partial charge in [-0.25, -0.2) is 0 Å². The summed E-state index contributed by atoms with van der Waals surface area (Å²) in [6.07, 6.45) is 5.34. The highest BCUT2D eigenvalue weighted by atomic mass is 14.4. The highest BCUT2D eigenvalue weighted by molar-refractivity contribution is 5.56. The van der Waals surface area contributed by atoms with Gasteiger partial charge in [-0.3, -0.25) is 0 Å². The monoisotopic (exact) mass is 193 g/mol. The third-order valence-corrected chi connectivity index (χ3v) is 3.70. The molecule has 1 aliphatic carbocycles. The van der Waals surface area contributed by atoms with E-state index in [9.17, 15) is 0 Å². The summed E-state index contributed by atoms with van der Waals surface area (Å²) in [5.74, 6) is 2.66. The van der Waals surface area contributed by atoms with Crippen molar-refractivity contribution in [3.05, 3.63) is 12.2 Å². The normalized spacial score (nSPS) is 30.2. The van der Waals surface area contributed by atoms with Crippen molar-refractivity contribution in [1.29, 1.82) is 5.41 Å². The zero-order valence-electron chi connectivity index (χ0n) is 9.72. The predicted molar refractivity (Wildman–Crippen MR) is 62.8 cm³/mol. The average Bonchev–Trinajstić information content (AvgIpc) is 2.11. The Bertz CT molecular complexity index is 213. The fourth-order valence-electron chi connectivity index (χ4n) is 2.17. The van der Waals surface area contributed by atoms with Crippen LogP contribution in [-0.2, 0) is 0 Å². The standard InChI is InChI=1S/C13H23N/c1-9-5-13(6-9)11(3)7-10(2)12(4)8-14/h8-10,12-14H,3,5-7H2,1-2,4H3.